The molecule has 2 aromatic rings. The number of primary amides is 1. The third kappa shape index (κ3) is 4.42. The first-order valence-corrected chi connectivity index (χ1v) is 10.9. The van der Waals surface area contributed by atoms with E-state index >= 15 is 0 Å². The smallest absolute Gasteiger partial charge is 0.264 e. The van der Waals surface area contributed by atoms with E-state index in [1.54, 1.807) is 53.4 Å². The highest BCUT2D eigenvalue weighted by molar-refractivity contribution is 7.92. The SMILES string of the molecule is Cc1ccc(S(=O)(=O)N(C)c2ccc(C(=O)N3CCC[C@@H](C(N)=O)C3)cc2)cc1. The summed E-state index contributed by atoms with van der Waals surface area (Å²) in [7, 11) is -2.21. The molecule has 1 fully saturated rings. The summed E-state index contributed by atoms with van der Waals surface area (Å²) in [5, 5.41) is 0. The monoisotopic (exact) mass is 415 g/mol. The van der Waals surface area contributed by atoms with Crippen LogP contribution < -0.4 is 10.0 Å². The van der Waals surface area contributed by atoms with Crippen LogP contribution in [0.5, 0.6) is 0 Å². The van der Waals surface area contributed by atoms with Crippen molar-refractivity contribution >= 4 is 27.5 Å². The van der Waals surface area contributed by atoms with Gasteiger partial charge in [-0.05, 0) is 56.2 Å². The molecule has 2 amide bonds. The summed E-state index contributed by atoms with van der Waals surface area (Å²) in [4.78, 5) is 26.0. The minimum absolute atomic E-state index is 0.188. The molecular weight excluding hydrogens is 390 g/mol. The number of carbonyl (C=O) groups is 2. The second-order valence-corrected chi connectivity index (χ2v) is 9.29. The van der Waals surface area contributed by atoms with Gasteiger partial charge in [0.2, 0.25) is 5.91 Å². The van der Waals surface area contributed by atoms with Crippen molar-refractivity contribution in [1.29, 1.82) is 0 Å². The molecule has 0 radical (unpaired) electrons. The van der Waals surface area contributed by atoms with Gasteiger partial charge < -0.3 is 10.6 Å². The Hall–Kier alpha value is -2.87. The zero-order valence-corrected chi connectivity index (χ0v) is 17.4. The Kier molecular flexibility index (Phi) is 5.93. The van der Waals surface area contributed by atoms with Gasteiger partial charge in [-0.2, -0.15) is 0 Å². The molecular formula is C21H25N3O4S. The van der Waals surface area contributed by atoms with Crippen LogP contribution in [0, 0.1) is 12.8 Å². The van der Waals surface area contributed by atoms with Crippen molar-refractivity contribution < 1.29 is 18.0 Å². The molecule has 0 unspecified atom stereocenters. The van der Waals surface area contributed by atoms with E-state index in [4.69, 9.17) is 5.73 Å². The summed E-state index contributed by atoms with van der Waals surface area (Å²) in [5.74, 6) is -0.898. The van der Waals surface area contributed by atoms with Crippen molar-refractivity contribution in [2.45, 2.75) is 24.7 Å². The number of piperidine rings is 1. The Morgan fingerprint density at radius 1 is 1.07 bits per heavy atom. The van der Waals surface area contributed by atoms with Crippen LogP contribution in [0.2, 0.25) is 0 Å². The lowest BCUT2D eigenvalue weighted by molar-refractivity contribution is -0.123. The maximum absolute atomic E-state index is 12.8. The number of rotatable bonds is 5. The Labute approximate surface area is 171 Å². The topological polar surface area (TPSA) is 101 Å². The first-order chi connectivity index (χ1) is 13.7. The molecule has 1 atom stereocenters. The van der Waals surface area contributed by atoms with E-state index in [-0.39, 0.29) is 22.6 Å². The van der Waals surface area contributed by atoms with Crippen molar-refractivity contribution in [2.75, 3.05) is 24.4 Å². The van der Waals surface area contributed by atoms with Gasteiger partial charge >= 0.3 is 0 Å². The van der Waals surface area contributed by atoms with Crippen molar-refractivity contribution in [3.05, 3.63) is 59.7 Å². The normalized spacial score (nSPS) is 17.0. The molecule has 2 N–H and O–H groups in total. The van der Waals surface area contributed by atoms with Crippen molar-refractivity contribution in [1.82, 2.24) is 4.90 Å². The number of benzene rings is 2. The maximum Gasteiger partial charge on any atom is 0.264 e. The Balaban J connectivity index is 1.76. The highest BCUT2D eigenvalue weighted by Gasteiger charge is 2.28. The number of amides is 2. The number of sulfonamides is 1. The third-order valence-corrected chi connectivity index (χ3v) is 7.07. The predicted octanol–water partition coefficient (Wildman–Crippen LogP) is 2.16. The second kappa shape index (κ2) is 8.24. The van der Waals surface area contributed by atoms with E-state index in [0.717, 1.165) is 12.0 Å². The number of hydrogen-bond donors (Lipinski definition) is 1. The molecule has 0 spiro atoms. The minimum atomic E-state index is -3.69. The van der Waals surface area contributed by atoms with E-state index in [0.29, 0.717) is 30.8 Å². The van der Waals surface area contributed by atoms with Crippen LogP contribution in [0.1, 0.15) is 28.8 Å². The average molecular weight is 416 g/mol. The number of likely N-dealkylation sites (tertiary alicyclic amines) is 1. The summed E-state index contributed by atoms with van der Waals surface area (Å²) in [6.07, 6.45) is 1.43. The van der Waals surface area contributed by atoms with Crippen LogP contribution in [-0.2, 0) is 14.8 Å². The zero-order chi connectivity index (χ0) is 21.2. The van der Waals surface area contributed by atoms with Crippen LogP contribution in [0.4, 0.5) is 5.69 Å². The summed E-state index contributed by atoms with van der Waals surface area (Å²) >= 11 is 0. The molecule has 7 nitrogen and oxygen atoms in total. The van der Waals surface area contributed by atoms with Gasteiger partial charge in [0.25, 0.3) is 15.9 Å². The lowest BCUT2D eigenvalue weighted by Crippen LogP contribution is -2.44. The first kappa shape index (κ1) is 20.9. The van der Waals surface area contributed by atoms with E-state index < -0.39 is 10.0 Å². The predicted molar refractivity (Wildman–Crippen MR) is 111 cm³/mol. The fraction of sp³-hybridized carbons (Fsp3) is 0.333. The molecule has 29 heavy (non-hydrogen) atoms. The van der Waals surface area contributed by atoms with Gasteiger partial charge in [-0.1, -0.05) is 17.7 Å². The summed E-state index contributed by atoms with van der Waals surface area (Å²) < 4.78 is 26.8. The lowest BCUT2D eigenvalue weighted by atomic mass is 9.97. The molecule has 0 bridgehead atoms. The van der Waals surface area contributed by atoms with Gasteiger partial charge in [0, 0.05) is 25.7 Å². The van der Waals surface area contributed by atoms with E-state index in [9.17, 15) is 18.0 Å². The summed E-state index contributed by atoms with van der Waals surface area (Å²) in [5.41, 5.74) is 7.26. The molecule has 1 aliphatic rings. The molecule has 3 rings (SSSR count). The maximum atomic E-state index is 12.8. The Morgan fingerprint density at radius 2 is 1.69 bits per heavy atom. The molecule has 1 aliphatic heterocycles. The molecule has 8 heteroatoms. The summed E-state index contributed by atoms with van der Waals surface area (Å²) in [6.45, 7) is 2.79. The quantitative estimate of drug-likeness (QED) is 0.809. The highest BCUT2D eigenvalue weighted by Crippen LogP contribution is 2.24. The van der Waals surface area contributed by atoms with E-state index in [1.165, 1.54) is 11.4 Å². The van der Waals surface area contributed by atoms with Gasteiger partial charge in [0.1, 0.15) is 0 Å². The van der Waals surface area contributed by atoms with Crippen molar-refractivity contribution in [2.24, 2.45) is 11.7 Å². The molecule has 154 valence electrons. The Morgan fingerprint density at radius 3 is 2.28 bits per heavy atom. The number of nitrogens with two attached hydrogens (primary N) is 1. The van der Waals surface area contributed by atoms with Crippen molar-refractivity contribution in [3.63, 3.8) is 0 Å². The molecule has 0 saturated carbocycles. The summed E-state index contributed by atoms with van der Waals surface area (Å²) in [6, 6.07) is 13.1. The van der Waals surface area contributed by atoms with Gasteiger partial charge in [0.15, 0.2) is 0 Å². The minimum Gasteiger partial charge on any atom is -0.369 e. The second-order valence-electron chi connectivity index (χ2n) is 7.33. The number of nitrogens with zero attached hydrogens (tertiary/aromatic N) is 2. The lowest BCUT2D eigenvalue weighted by Gasteiger charge is -2.31. The molecule has 1 heterocycles. The van der Waals surface area contributed by atoms with Crippen LogP contribution >= 0.6 is 0 Å². The van der Waals surface area contributed by atoms with E-state index in [2.05, 4.69) is 0 Å². The number of anilines is 1. The van der Waals surface area contributed by atoms with Crippen molar-refractivity contribution in [3.8, 4) is 0 Å². The van der Waals surface area contributed by atoms with Crippen LogP contribution in [0.3, 0.4) is 0 Å². The average Bonchev–Trinajstić information content (AvgIpc) is 2.73. The zero-order valence-electron chi connectivity index (χ0n) is 16.5. The van der Waals surface area contributed by atoms with Crippen LogP contribution in [0.15, 0.2) is 53.4 Å². The van der Waals surface area contributed by atoms with E-state index in [1.807, 2.05) is 6.92 Å². The molecule has 0 aliphatic carbocycles. The van der Waals surface area contributed by atoms with Crippen LogP contribution in [-0.4, -0.2) is 45.3 Å². The molecule has 0 aromatic heterocycles. The van der Waals surface area contributed by atoms with Gasteiger partial charge in [-0.15, -0.1) is 0 Å². The van der Waals surface area contributed by atoms with Gasteiger partial charge in [0.05, 0.1) is 16.5 Å². The fourth-order valence-electron chi connectivity index (χ4n) is 3.40. The van der Waals surface area contributed by atoms with Gasteiger partial charge in [-0.25, -0.2) is 8.42 Å². The van der Waals surface area contributed by atoms with Crippen LogP contribution in [0.25, 0.3) is 0 Å². The Bertz CT molecular complexity index is 1000. The molecule has 1 saturated heterocycles. The number of hydrogen-bond acceptors (Lipinski definition) is 4. The molecule has 2 aromatic carbocycles. The highest BCUT2D eigenvalue weighted by atomic mass is 32.2. The first-order valence-electron chi connectivity index (χ1n) is 9.44. The number of aryl methyl sites for hydroxylation is 1. The number of carbonyl (C=O) groups excluding carboxylic acids is 2. The standard InChI is InChI=1S/C21H25N3O4S/c1-15-5-11-19(12-6-15)29(27,28)23(2)18-9-7-16(8-10-18)21(26)24-13-3-4-17(14-24)20(22)25/h5-12,17H,3-4,13-14H2,1-2H3,(H2,22,25)/t17-/m1/s1. The van der Waals surface area contributed by atoms with Gasteiger partial charge in [-0.3, -0.25) is 13.9 Å². The largest absolute Gasteiger partial charge is 0.369 e. The fourth-order valence-corrected chi connectivity index (χ4v) is 4.59. The third-order valence-electron chi connectivity index (χ3n) is 5.27.